The van der Waals surface area contributed by atoms with Crippen molar-refractivity contribution in [1.82, 2.24) is 0 Å². The number of carbonyl (C=O) groups is 1. The van der Waals surface area contributed by atoms with Gasteiger partial charge in [-0.3, -0.25) is 4.79 Å². The van der Waals surface area contributed by atoms with Gasteiger partial charge in [0.05, 0.1) is 26.2 Å². The van der Waals surface area contributed by atoms with Crippen molar-refractivity contribution in [3.63, 3.8) is 0 Å². The highest BCUT2D eigenvalue weighted by atomic mass is 16.5. The molecule has 0 unspecified atom stereocenters. The van der Waals surface area contributed by atoms with Gasteiger partial charge in [-0.2, -0.15) is 0 Å². The molecule has 0 amide bonds. The zero-order chi connectivity index (χ0) is 19.3. The summed E-state index contributed by atoms with van der Waals surface area (Å²) in [6.45, 7) is 8.42. The molecule has 3 rings (SSSR count). The van der Waals surface area contributed by atoms with Crippen molar-refractivity contribution in [2.24, 2.45) is 11.3 Å². The van der Waals surface area contributed by atoms with Crippen molar-refractivity contribution >= 4 is 5.78 Å². The lowest BCUT2D eigenvalue weighted by molar-refractivity contribution is -0.142. The Hall–Kier alpha value is -1.55. The molecule has 144 valence electrons. The Balaban J connectivity index is 2.27. The van der Waals surface area contributed by atoms with Crippen LogP contribution < -0.4 is 9.47 Å². The van der Waals surface area contributed by atoms with Crippen molar-refractivity contribution < 1.29 is 19.4 Å². The summed E-state index contributed by atoms with van der Waals surface area (Å²) in [7, 11) is 3.46. The van der Waals surface area contributed by atoms with Crippen LogP contribution in [0.2, 0.25) is 0 Å². The molecule has 1 saturated carbocycles. The molecule has 1 N–H and O–H groups in total. The van der Waals surface area contributed by atoms with Crippen LogP contribution in [0.25, 0.3) is 0 Å². The Morgan fingerprint density at radius 2 is 1.92 bits per heavy atom. The molecular formula is C22H32O4. The van der Waals surface area contributed by atoms with Crippen LogP contribution in [0.15, 0.2) is 6.07 Å². The number of hydrogen-bond acceptors (Lipinski definition) is 4. The summed E-state index contributed by atoms with van der Waals surface area (Å²) in [6, 6.07) is 2.11. The van der Waals surface area contributed by atoms with Gasteiger partial charge in [0, 0.05) is 28.5 Å². The number of fused-ring (bicyclic) bond motifs is 3. The molecule has 1 fully saturated rings. The smallest absolute Gasteiger partial charge is 0.141 e. The van der Waals surface area contributed by atoms with E-state index in [2.05, 4.69) is 26.8 Å². The van der Waals surface area contributed by atoms with E-state index < -0.39 is 5.41 Å². The first-order valence-electron chi connectivity index (χ1n) is 9.67. The second-order valence-corrected chi connectivity index (χ2v) is 8.72. The summed E-state index contributed by atoms with van der Waals surface area (Å²) < 4.78 is 11.7. The maximum atomic E-state index is 12.7. The molecule has 0 saturated heterocycles. The number of Topliss-reactive ketones (excluding diaryl/α,β-unsaturated/α-hetero) is 1. The quantitative estimate of drug-likeness (QED) is 0.881. The number of ketones is 1. The summed E-state index contributed by atoms with van der Waals surface area (Å²) >= 11 is 0. The number of hydrogen-bond donors (Lipinski definition) is 1. The standard InChI is InChI=1S/C22H32O4/c1-13(2)15-11-16(25-5)19-14(20(15)26-6)7-8-17-21(19,3)10-9-18(24)22(17,4)12-23/h11,13,17,23H,7-10,12H2,1-6H3/t17-,21+,22-/m1/s1. The number of carbonyl (C=O) groups excluding carboxylic acids is 1. The van der Waals surface area contributed by atoms with E-state index in [1.54, 1.807) is 14.2 Å². The van der Waals surface area contributed by atoms with E-state index >= 15 is 0 Å². The summed E-state index contributed by atoms with van der Waals surface area (Å²) in [6.07, 6.45) is 3.02. The van der Waals surface area contributed by atoms with E-state index in [9.17, 15) is 9.90 Å². The minimum absolute atomic E-state index is 0.0923. The van der Waals surface area contributed by atoms with E-state index in [-0.39, 0.29) is 23.7 Å². The molecule has 26 heavy (non-hydrogen) atoms. The highest BCUT2D eigenvalue weighted by molar-refractivity contribution is 5.87. The fraction of sp³-hybridized carbons (Fsp3) is 0.682. The van der Waals surface area contributed by atoms with Crippen LogP contribution in [0.1, 0.15) is 69.6 Å². The normalized spacial score (nSPS) is 30.8. The minimum atomic E-state index is -0.681. The van der Waals surface area contributed by atoms with Crippen molar-refractivity contribution in [2.45, 2.75) is 64.7 Å². The summed E-state index contributed by atoms with van der Waals surface area (Å²) in [5, 5.41) is 10.1. The highest BCUT2D eigenvalue weighted by Gasteiger charge is 2.56. The van der Waals surface area contributed by atoms with Crippen LogP contribution in [-0.2, 0) is 16.6 Å². The maximum Gasteiger partial charge on any atom is 0.141 e. The Morgan fingerprint density at radius 1 is 1.23 bits per heavy atom. The lowest BCUT2D eigenvalue weighted by Gasteiger charge is -2.54. The summed E-state index contributed by atoms with van der Waals surface area (Å²) in [5.41, 5.74) is 2.70. The molecule has 0 spiro atoms. The van der Waals surface area contributed by atoms with Crippen molar-refractivity contribution in [1.29, 1.82) is 0 Å². The molecule has 1 aromatic rings. The van der Waals surface area contributed by atoms with Gasteiger partial charge < -0.3 is 14.6 Å². The topological polar surface area (TPSA) is 55.8 Å². The molecule has 0 aromatic heterocycles. The van der Waals surface area contributed by atoms with Crippen LogP contribution in [-0.4, -0.2) is 31.7 Å². The predicted octanol–water partition coefficient (Wildman–Crippen LogP) is 4.01. The Bertz CT molecular complexity index is 723. The van der Waals surface area contributed by atoms with Crippen molar-refractivity contribution in [2.75, 3.05) is 20.8 Å². The monoisotopic (exact) mass is 360 g/mol. The SMILES string of the molecule is COc1cc(C(C)C)c(OC)c2c1[C@@]1(C)CCC(=O)[C@](C)(CO)[C@@H]1CC2. The second kappa shape index (κ2) is 6.56. The average Bonchev–Trinajstić information content (AvgIpc) is 2.63. The zero-order valence-corrected chi connectivity index (χ0v) is 16.9. The molecule has 1 aromatic carbocycles. The highest BCUT2D eigenvalue weighted by Crippen LogP contribution is 2.59. The molecule has 0 heterocycles. The van der Waals surface area contributed by atoms with Gasteiger partial charge in [-0.1, -0.05) is 27.7 Å². The molecule has 0 bridgehead atoms. The molecule has 0 aliphatic heterocycles. The molecule has 2 aliphatic carbocycles. The number of methoxy groups -OCH3 is 2. The molecule has 2 aliphatic rings. The van der Waals surface area contributed by atoms with Gasteiger partial charge in [0.15, 0.2) is 0 Å². The Labute approximate surface area is 156 Å². The minimum Gasteiger partial charge on any atom is -0.496 e. The number of aliphatic hydroxyl groups is 1. The first kappa shape index (κ1) is 19.2. The molecular weight excluding hydrogens is 328 g/mol. The van der Waals surface area contributed by atoms with Crippen molar-refractivity contribution in [3.8, 4) is 11.5 Å². The van der Waals surface area contributed by atoms with Crippen LogP contribution in [0.5, 0.6) is 11.5 Å². The van der Waals surface area contributed by atoms with Gasteiger partial charge in [0.25, 0.3) is 0 Å². The largest absolute Gasteiger partial charge is 0.496 e. The first-order chi connectivity index (χ1) is 12.2. The van der Waals surface area contributed by atoms with E-state index in [1.165, 1.54) is 16.7 Å². The number of ether oxygens (including phenoxy) is 2. The number of rotatable bonds is 4. The van der Waals surface area contributed by atoms with Gasteiger partial charge in [-0.25, -0.2) is 0 Å². The average molecular weight is 360 g/mol. The second-order valence-electron chi connectivity index (χ2n) is 8.72. The number of benzene rings is 1. The summed E-state index contributed by atoms with van der Waals surface area (Å²) in [4.78, 5) is 12.7. The maximum absolute atomic E-state index is 12.7. The molecule has 4 nitrogen and oxygen atoms in total. The van der Waals surface area contributed by atoms with Crippen LogP contribution in [0, 0.1) is 11.3 Å². The molecule has 4 heteroatoms. The fourth-order valence-corrected chi connectivity index (χ4v) is 5.56. The lowest BCUT2D eigenvalue weighted by atomic mass is 9.49. The van der Waals surface area contributed by atoms with E-state index in [1.807, 2.05) is 6.92 Å². The summed E-state index contributed by atoms with van der Waals surface area (Å²) in [5.74, 6) is 2.50. The third-order valence-corrected chi connectivity index (χ3v) is 7.05. The van der Waals surface area contributed by atoms with E-state index in [0.717, 1.165) is 30.8 Å². The predicted molar refractivity (Wildman–Crippen MR) is 102 cm³/mol. The Morgan fingerprint density at radius 3 is 2.46 bits per heavy atom. The van der Waals surface area contributed by atoms with Gasteiger partial charge in [-0.15, -0.1) is 0 Å². The number of aliphatic hydroxyl groups excluding tert-OH is 1. The van der Waals surface area contributed by atoms with E-state index in [0.29, 0.717) is 12.3 Å². The van der Waals surface area contributed by atoms with Gasteiger partial charge >= 0.3 is 0 Å². The third-order valence-electron chi connectivity index (χ3n) is 7.05. The van der Waals surface area contributed by atoms with Gasteiger partial charge in [-0.05, 0) is 37.2 Å². The van der Waals surface area contributed by atoms with Crippen LogP contribution in [0.3, 0.4) is 0 Å². The van der Waals surface area contributed by atoms with Crippen LogP contribution >= 0.6 is 0 Å². The molecule has 3 atom stereocenters. The van der Waals surface area contributed by atoms with Gasteiger partial charge in [0.2, 0.25) is 0 Å². The van der Waals surface area contributed by atoms with E-state index in [4.69, 9.17) is 9.47 Å². The van der Waals surface area contributed by atoms with Gasteiger partial charge in [0.1, 0.15) is 17.3 Å². The first-order valence-corrected chi connectivity index (χ1v) is 9.67. The molecule has 0 radical (unpaired) electrons. The van der Waals surface area contributed by atoms with Crippen LogP contribution in [0.4, 0.5) is 0 Å². The zero-order valence-electron chi connectivity index (χ0n) is 16.9. The lowest BCUT2D eigenvalue weighted by Crippen LogP contribution is -2.55. The van der Waals surface area contributed by atoms with Crippen molar-refractivity contribution in [3.05, 3.63) is 22.8 Å². The third kappa shape index (κ3) is 2.49. The fourth-order valence-electron chi connectivity index (χ4n) is 5.56. The Kier molecular flexibility index (Phi) is 4.85.